The third kappa shape index (κ3) is 15.8. The first-order valence-electron chi connectivity index (χ1n) is 10.7. The number of ether oxygens (including phenoxy) is 4. The van der Waals surface area contributed by atoms with Crippen LogP contribution in [0.4, 0.5) is 0 Å². The smallest absolute Gasteiger partial charge is 0.104 e. The zero-order chi connectivity index (χ0) is 18.0. The summed E-state index contributed by atoms with van der Waals surface area (Å²) in [7, 11) is 1.70. The van der Waals surface area contributed by atoms with E-state index in [0.29, 0.717) is 25.9 Å². The number of hydrogen-bond donors (Lipinski definition) is 0. The van der Waals surface area contributed by atoms with Crippen molar-refractivity contribution in [3.63, 3.8) is 0 Å². The average Bonchev–Trinajstić information content (AvgIpc) is 3.44. The maximum Gasteiger partial charge on any atom is 0.104 e. The molecule has 1 heterocycles. The lowest BCUT2D eigenvalue weighted by molar-refractivity contribution is -0.0551. The van der Waals surface area contributed by atoms with E-state index in [4.69, 9.17) is 18.9 Å². The minimum absolute atomic E-state index is 0.0338. The van der Waals surface area contributed by atoms with E-state index in [2.05, 4.69) is 6.92 Å². The van der Waals surface area contributed by atoms with Crippen LogP contribution < -0.4 is 0 Å². The van der Waals surface area contributed by atoms with Crippen LogP contribution in [0.15, 0.2) is 0 Å². The summed E-state index contributed by atoms with van der Waals surface area (Å²) in [6.45, 7) is 5.82. The first-order valence-corrected chi connectivity index (χ1v) is 10.7. The molecule has 4 nitrogen and oxygen atoms in total. The van der Waals surface area contributed by atoms with Crippen molar-refractivity contribution in [2.24, 2.45) is 0 Å². The van der Waals surface area contributed by atoms with Crippen molar-refractivity contribution in [2.75, 3.05) is 40.1 Å². The molecule has 2 atom stereocenters. The first-order chi connectivity index (χ1) is 12.4. The van der Waals surface area contributed by atoms with E-state index in [1.807, 2.05) is 0 Å². The molecule has 0 saturated carbocycles. The van der Waals surface area contributed by atoms with Gasteiger partial charge in [-0.1, -0.05) is 77.6 Å². The van der Waals surface area contributed by atoms with E-state index >= 15 is 0 Å². The van der Waals surface area contributed by atoms with Crippen molar-refractivity contribution in [1.29, 1.82) is 0 Å². The molecule has 1 rings (SSSR count). The van der Waals surface area contributed by atoms with Gasteiger partial charge in [0, 0.05) is 13.7 Å². The van der Waals surface area contributed by atoms with Gasteiger partial charge in [0.25, 0.3) is 0 Å². The van der Waals surface area contributed by atoms with Crippen LogP contribution >= 0.6 is 0 Å². The number of hydrogen-bond acceptors (Lipinski definition) is 4. The molecule has 0 aliphatic carbocycles. The summed E-state index contributed by atoms with van der Waals surface area (Å²) in [5.74, 6) is 0. The fraction of sp³-hybridized carbons (Fsp3) is 1.00. The second kappa shape index (κ2) is 17.3. The Labute approximate surface area is 155 Å². The summed E-state index contributed by atoms with van der Waals surface area (Å²) in [6.07, 6.45) is 16.8. The third-order valence-electron chi connectivity index (χ3n) is 4.72. The molecule has 0 spiro atoms. The van der Waals surface area contributed by atoms with Gasteiger partial charge in [-0.05, 0) is 6.42 Å². The van der Waals surface area contributed by atoms with Crippen LogP contribution in [0.1, 0.15) is 84.0 Å². The number of unbranched alkanes of at least 4 members (excludes halogenated alkanes) is 11. The van der Waals surface area contributed by atoms with Crippen LogP contribution in [0, 0.1) is 0 Å². The predicted octanol–water partition coefficient (Wildman–Crippen LogP) is 5.13. The molecule has 0 aromatic carbocycles. The van der Waals surface area contributed by atoms with Gasteiger partial charge in [0.15, 0.2) is 0 Å². The molecule has 2 unspecified atom stereocenters. The van der Waals surface area contributed by atoms with Gasteiger partial charge in [-0.2, -0.15) is 0 Å². The molecule has 150 valence electrons. The third-order valence-corrected chi connectivity index (χ3v) is 4.72. The van der Waals surface area contributed by atoms with E-state index in [1.54, 1.807) is 7.11 Å². The van der Waals surface area contributed by atoms with Gasteiger partial charge in [-0.15, -0.1) is 0 Å². The molecule has 0 aromatic heterocycles. The van der Waals surface area contributed by atoms with Gasteiger partial charge in [-0.25, -0.2) is 0 Å². The highest BCUT2D eigenvalue weighted by molar-refractivity contribution is 4.69. The standard InChI is InChI=1S/C21H42O4/c1-3-4-5-6-7-8-9-10-11-12-13-14-15-23-17-20(16-22-2)24-18-21-19-25-21/h20-21H,3-19H2,1-2H3. The highest BCUT2D eigenvalue weighted by Gasteiger charge is 2.24. The van der Waals surface area contributed by atoms with Crippen LogP contribution in [0.25, 0.3) is 0 Å². The molecule has 0 N–H and O–H groups in total. The monoisotopic (exact) mass is 358 g/mol. The SMILES string of the molecule is CCCCCCCCCCCCCCOCC(COC)OCC1CO1. The van der Waals surface area contributed by atoms with Crippen molar-refractivity contribution in [3.8, 4) is 0 Å². The summed E-state index contributed by atoms with van der Waals surface area (Å²) in [5.41, 5.74) is 0. The first kappa shape index (κ1) is 22.9. The number of rotatable bonds is 20. The number of methoxy groups -OCH3 is 1. The fourth-order valence-corrected chi connectivity index (χ4v) is 3.00. The summed E-state index contributed by atoms with van der Waals surface area (Å²) in [4.78, 5) is 0. The zero-order valence-corrected chi connectivity index (χ0v) is 16.8. The molecule has 0 bridgehead atoms. The minimum Gasteiger partial charge on any atom is -0.382 e. The number of epoxide rings is 1. The second-order valence-electron chi connectivity index (χ2n) is 7.33. The molecule has 4 heteroatoms. The summed E-state index contributed by atoms with van der Waals surface area (Å²) in [6, 6.07) is 0. The van der Waals surface area contributed by atoms with Crippen molar-refractivity contribution >= 4 is 0 Å². The Kier molecular flexibility index (Phi) is 15.8. The summed E-state index contributed by atoms with van der Waals surface area (Å²) >= 11 is 0. The van der Waals surface area contributed by atoms with E-state index < -0.39 is 0 Å². The Morgan fingerprint density at radius 3 is 1.92 bits per heavy atom. The van der Waals surface area contributed by atoms with E-state index in [9.17, 15) is 0 Å². The van der Waals surface area contributed by atoms with Gasteiger partial charge >= 0.3 is 0 Å². The summed E-state index contributed by atoms with van der Waals surface area (Å²) < 4.78 is 21.8. The minimum atomic E-state index is 0.0338. The van der Waals surface area contributed by atoms with Crippen LogP contribution in [0.2, 0.25) is 0 Å². The Morgan fingerprint density at radius 2 is 1.40 bits per heavy atom. The fourth-order valence-electron chi connectivity index (χ4n) is 3.00. The molecule has 0 aromatic rings. The van der Waals surface area contributed by atoms with Gasteiger partial charge < -0.3 is 18.9 Å². The molecular formula is C21H42O4. The quantitative estimate of drug-likeness (QED) is 0.223. The van der Waals surface area contributed by atoms with Gasteiger partial charge in [0.2, 0.25) is 0 Å². The molecule has 1 fully saturated rings. The highest BCUT2D eigenvalue weighted by Crippen LogP contribution is 2.12. The molecule has 1 aliphatic rings. The Bertz CT molecular complexity index is 269. The van der Waals surface area contributed by atoms with Gasteiger partial charge in [-0.3, -0.25) is 0 Å². The van der Waals surface area contributed by atoms with Gasteiger partial charge in [0.05, 0.1) is 26.4 Å². The van der Waals surface area contributed by atoms with Crippen molar-refractivity contribution < 1.29 is 18.9 Å². The van der Waals surface area contributed by atoms with Crippen molar-refractivity contribution in [2.45, 2.75) is 96.2 Å². The lowest BCUT2D eigenvalue weighted by Crippen LogP contribution is -2.27. The normalized spacial score (nSPS) is 17.8. The highest BCUT2D eigenvalue weighted by atomic mass is 16.6. The maximum absolute atomic E-state index is 5.75. The average molecular weight is 359 g/mol. The van der Waals surface area contributed by atoms with Crippen LogP contribution in [-0.4, -0.2) is 52.4 Å². The molecule has 0 radical (unpaired) electrons. The van der Waals surface area contributed by atoms with Crippen molar-refractivity contribution in [3.05, 3.63) is 0 Å². The largest absolute Gasteiger partial charge is 0.382 e. The van der Waals surface area contributed by atoms with Crippen LogP contribution in [-0.2, 0) is 18.9 Å². The maximum atomic E-state index is 5.75. The molecular weight excluding hydrogens is 316 g/mol. The molecule has 1 aliphatic heterocycles. The molecule has 0 amide bonds. The zero-order valence-electron chi connectivity index (χ0n) is 16.8. The second-order valence-corrected chi connectivity index (χ2v) is 7.33. The predicted molar refractivity (Wildman–Crippen MR) is 103 cm³/mol. The van der Waals surface area contributed by atoms with Crippen LogP contribution in [0.5, 0.6) is 0 Å². The lowest BCUT2D eigenvalue weighted by atomic mass is 10.1. The van der Waals surface area contributed by atoms with Crippen molar-refractivity contribution in [1.82, 2.24) is 0 Å². The lowest BCUT2D eigenvalue weighted by Gasteiger charge is -2.16. The van der Waals surface area contributed by atoms with Gasteiger partial charge in [0.1, 0.15) is 12.2 Å². The Hall–Kier alpha value is -0.160. The molecule has 25 heavy (non-hydrogen) atoms. The van der Waals surface area contributed by atoms with E-state index in [1.165, 1.54) is 70.6 Å². The Balaban J connectivity index is 1.76. The topological polar surface area (TPSA) is 40.2 Å². The summed E-state index contributed by atoms with van der Waals surface area (Å²) in [5, 5.41) is 0. The molecule has 1 saturated heterocycles. The van der Waals surface area contributed by atoms with E-state index in [0.717, 1.165) is 19.6 Å². The van der Waals surface area contributed by atoms with E-state index in [-0.39, 0.29) is 6.10 Å². The Morgan fingerprint density at radius 1 is 0.840 bits per heavy atom. The van der Waals surface area contributed by atoms with Crippen LogP contribution in [0.3, 0.4) is 0 Å².